The maximum Gasteiger partial charge on any atom is 0.247 e. The predicted octanol–water partition coefficient (Wildman–Crippen LogP) is 2.94. The van der Waals surface area contributed by atoms with Gasteiger partial charge in [-0.1, -0.05) is 12.1 Å². The lowest BCUT2D eigenvalue weighted by Gasteiger charge is -2.21. The van der Waals surface area contributed by atoms with Gasteiger partial charge in [0.2, 0.25) is 5.88 Å². The van der Waals surface area contributed by atoms with Crippen molar-refractivity contribution in [2.24, 2.45) is 0 Å². The van der Waals surface area contributed by atoms with Gasteiger partial charge in [-0.25, -0.2) is 4.98 Å². The van der Waals surface area contributed by atoms with Gasteiger partial charge in [0.05, 0.1) is 11.4 Å². The molecule has 0 unspecified atom stereocenters. The number of para-hydroxylation sites is 2. The van der Waals surface area contributed by atoms with Crippen LogP contribution in [0, 0.1) is 13.8 Å². The minimum absolute atomic E-state index is 0.601. The summed E-state index contributed by atoms with van der Waals surface area (Å²) in [7, 11) is 0. The molecule has 0 atom stereocenters. The number of hydrogen-bond acceptors (Lipinski definition) is 4. The van der Waals surface area contributed by atoms with E-state index in [4.69, 9.17) is 4.74 Å². The van der Waals surface area contributed by atoms with Gasteiger partial charge in [-0.3, -0.25) is 0 Å². The van der Waals surface area contributed by atoms with E-state index in [1.807, 2.05) is 38.1 Å². The molecule has 0 aliphatic carbocycles. The SMILES string of the molecule is Cc1nc(C)c2c(n1)Oc1ccccc1N2. The summed E-state index contributed by atoms with van der Waals surface area (Å²) in [4.78, 5) is 8.58. The van der Waals surface area contributed by atoms with Gasteiger partial charge in [0.25, 0.3) is 0 Å². The van der Waals surface area contributed by atoms with Crippen molar-refractivity contribution in [2.45, 2.75) is 13.8 Å². The Morgan fingerprint density at radius 3 is 2.81 bits per heavy atom. The van der Waals surface area contributed by atoms with Gasteiger partial charge < -0.3 is 10.1 Å². The molecule has 0 radical (unpaired) electrons. The van der Waals surface area contributed by atoms with Crippen molar-refractivity contribution in [3.63, 3.8) is 0 Å². The fraction of sp³-hybridized carbons (Fsp3) is 0.167. The zero-order valence-corrected chi connectivity index (χ0v) is 9.11. The second kappa shape index (κ2) is 3.20. The molecule has 0 bridgehead atoms. The van der Waals surface area contributed by atoms with Crippen LogP contribution in [0.5, 0.6) is 11.6 Å². The van der Waals surface area contributed by atoms with Crippen molar-refractivity contribution in [3.8, 4) is 11.6 Å². The van der Waals surface area contributed by atoms with Crippen molar-refractivity contribution in [1.29, 1.82) is 0 Å². The van der Waals surface area contributed by atoms with Gasteiger partial charge >= 0.3 is 0 Å². The molecular formula is C12H11N3O. The number of aryl methyl sites for hydroxylation is 2. The maximum absolute atomic E-state index is 5.73. The molecule has 80 valence electrons. The van der Waals surface area contributed by atoms with Crippen molar-refractivity contribution in [1.82, 2.24) is 9.97 Å². The molecule has 1 N–H and O–H groups in total. The fourth-order valence-electron chi connectivity index (χ4n) is 1.80. The molecule has 1 aliphatic rings. The number of anilines is 2. The number of nitrogens with zero attached hydrogens (tertiary/aromatic N) is 2. The number of rotatable bonds is 0. The highest BCUT2D eigenvalue weighted by Crippen LogP contribution is 2.41. The van der Waals surface area contributed by atoms with E-state index in [2.05, 4.69) is 15.3 Å². The largest absolute Gasteiger partial charge is 0.435 e. The topological polar surface area (TPSA) is 47.0 Å². The van der Waals surface area contributed by atoms with Crippen molar-refractivity contribution >= 4 is 11.4 Å². The van der Waals surface area contributed by atoms with Gasteiger partial charge in [0.1, 0.15) is 11.5 Å². The summed E-state index contributed by atoms with van der Waals surface area (Å²) in [5, 5.41) is 3.29. The Kier molecular flexibility index (Phi) is 1.83. The standard InChI is InChI=1S/C12H11N3O/c1-7-11-12(14-8(2)13-7)16-10-6-4-3-5-9(10)15-11/h3-6,15H,1-2H3. The van der Waals surface area contributed by atoms with E-state index in [-0.39, 0.29) is 0 Å². The summed E-state index contributed by atoms with van der Waals surface area (Å²) >= 11 is 0. The molecule has 2 aromatic rings. The highest BCUT2D eigenvalue weighted by Gasteiger charge is 2.19. The molecule has 4 heteroatoms. The Morgan fingerprint density at radius 1 is 1.12 bits per heavy atom. The monoisotopic (exact) mass is 213 g/mol. The lowest BCUT2D eigenvalue weighted by atomic mass is 10.2. The van der Waals surface area contributed by atoms with E-state index < -0.39 is 0 Å². The molecule has 1 aliphatic heterocycles. The zero-order valence-electron chi connectivity index (χ0n) is 9.11. The number of ether oxygens (including phenoxy) is 1. The first-order valence-electron chi connectivity index (χ1n) is 5.13. The molecule has 3 rings (SSSR count). The highest BCUT2D eigenvalue weighted by atomic mass is 16.5. The number of aromatic nitrogens is 2. The molecule has 16 heavy (non-hydrogen) atoms. The van der Waals surface area contributed by atoms with E-state index in [9.17, 15) is 0 Å². The normalized spacial score (nSPS) is 12.1. The molecule has 4 nitrogen and oxygen atoms in total. The molecule has 0 spiro atoms. The van der Waals surface area contributed by atoms with Crippen LogP contribution in [0.25, 0.3) is 0 Å². The van der Waals surface area contributed by atoms with E-state index in [0.29, 0.717) is 5.88 Å². The second-order valence-corrected chi connectivity index (χ2v) is 3.76. The van der Waals surface area contributed by atoms with Crippen LogP contribution in [0.1, 0.15) is 11.5 Å². The first kappa shape index (κ1) is 9.15. The fourth-order valence-corrected chi connectivity index (χ4v) is 1.80. The maximum atomic E-state index is 5.73. The van der Waals surface area contributed by atoms with Gasteiger partial charge in [-0.2, -0.15) is 4.98 Å². The summed E-state index contributed by atoms with van der Waals surface area (Å²) < 4.78 is 5.73. The molecular weight excluding hydrogens is 202 g/mol. The number of nitrogens with one attached hydrogen (secondary N) is 1. The highest BCUT2D eigenvalue weighted by molar-refractivity contribution is 5.75. The van der Waals surface area contributed by atoms with Gasteiger partial charge in [0.15, 0.2) is 5.75 Å². The molecule has 2 heterocycles. The molecule has 0 amide bonds. The molecule has 0 saturated carbocycles. The van der Waals surface area contributed by atoms with Crippen LogP contribution in [0.2, 0.25) is 0 Å². The van der Waals surface area contributed by atoms with Crippen molar-refractivity contribution < 1.29 is 4.74 Å². The summed E-state index contributed by atoms with van der Waals surface area (Å²) in [5.74, 6) is 2.12. The van der Waals surface area contributed by atoms with E-state index in [1.165, 1.54) is 0 Å². The van der Waals surface area contributed by atoms with Crippen LogP contribution in [-0.4, -0.2) is 9.97 Å². The van der Waals surface area contributed by atoms with Crippen molar-refractivity contribution in [2.75, 3.05) is 5.32 Å². The Bertz CT molecular complexity index is 566. The summed E-state index contributed by atoms with van der Waals surface area (Å²) in [6.45, 7) is 3.80. The Morgan fingerprint density at radius 2 is 1.94 bits per heavy atom. The Balaban J connectivity index is 2.15. The first-order chi connectivity index (χ1) is 7.74. The van der Waals surface area contributed by atoms with Crippen LogP contribution >= 0.6 is 0 Å². The Labute approximate surface area is 93.3 Å². The summed E-state index contributed by atoms with van der Waals surface area (Å²) in [5.41, 5.74) is 2.70. The van der Waals surface area contributed by atoms with Gasteiger partial charge in [0, 0.05) is 0 Å². The third kappa shape index (κ3) is 1.31. The quantitative estimate of drug-likeness (QED) is 0.623. The smallest absolute Gasteiger partial charge is 0.247 e. The van der Waals surface area contributed by atoms with Crippen LogP contribution in [0.3, 0.4) is 0 Å². The lowest BCUT2D eigenvalue weighted by Crippen LogP contribution is -2.08. The average molecular weight is 213 g/mol. The van der Waals surface area contributed by atoms with Crippen molar-refractivity contribution in [3.05, 3.63) is 35.8 Å². The molecule has 1 aromatic heterocycles. The zero-order chi connectivity index (χ0) is 11.1. The van der Waals surface area contributed by atoms with E-state index >= 15 is 0 Å². The summed E-state index contributed by atoms with van der Waals surface area (Å²) in [6, 6.07) is 7.78. The van der Waals surface area contributed by atoms with Crippen LogP contribution in [0.15, 0.2) is 24.3 Å². The second-order valence-electron chi connectivity index (χ2n) is 3.76. The average Bonchev–Trinajstić information content (AvgIpc) is 2.27. The van der Waals surface area contributed by atoms with Gasteiger partial charge in [-0.05, 0) is 26.0 Å². The van der Waals surface area contributed by atoms with E-state index in [1.54, 1.807) is 0 Å². The third-order valence-corrected chi connectivity index (χ3v) is 2.52. The molecule has 1 aromatic carbocycles. The van der Waals surface area contributed by atoms with Crippen LogP contribution in [-0.2, 0) is 0 Å². The summed E-state index contributed by atoms with van der Waals surface area (Å²) in [6.07, 6.45) is 0. The van der Waals surface area contributed by atoms with Crippen LogP contribution in [0.4, 0.5) is 11.4 Å². The number of fused-ring (bicyclic) bond motifs is 2. The molecule has 0 saturated heterocycles. The van der Waals surface area contributed by atoms with Crippen LogP contribution < -0.4 is 10.1 Å². The van der Waals surface area contributed by atoms with Gasteiger partial charge in [-0.15, -0.1) is 0 Å². The van der Waals surface area contributed by atoms with E-state index in [0.717, 1.165) is 28.6 Å². The molecule has 0 fully saturated rings. The Hall–Kier alpha value is -2.10. The minimum Gasteiger partial charge on any atom is -0.435 e. The minimum atomic E-state index is 0.601. The predicted molar refractivity (Wildman–Crippen MR) is 61.3 cm³/mol. The number of hydrogen-bond donors (Lipinski definition) is 1. The lowest BCUT2D eigenvalue weighted by molar-refractivity contribution is 0.457. The first-order valence-corrected chi connectivity index (χ1v) is 5.13. The number of benzene rings is 1. The third-order valence-electron chi connectivity index (χ3n) is 2.52.